The Bertz CT molecular complexity index is 1260. The maximum Gasteiger partial charge on any atom is 0.533 e. The standard InChI is InChI=1S/C38H56O3P/c1-13-35(5,6)28-17-22-31(23-18-28)40-42(39,41-32-24-19-29(20-25-32)36(7,8)14-2)34-26-21-30(37(9,10)15-3)27-33(34)38(11,12)16-4/h17-27,39H,13-16H2,1-12H3/q+1. The molecule has 3 aromatic carbocycles. The van der Waals surface area contributed by atoms with Crippen LogP contribution in [0.1, 0.15) is 131 Å². The van der Waals surface area contributed by atoms with Crippen molar-refractivity contribution in [1.82, 2.24) is 0 Å². The minimum absolute atomic E-state index is 0.0131. The highest BCUT2D eigenvalue weighted by molar-refractivity contribution is 7.69. The van der Waals surface area contributed by atoms with E-state index in [0.29, 0.717) is 11.5 Å². The Labute approximate surface area is 257 Å². The van der Waals surface area contributed by atoms with Crippen LogP contribution in [0, 0.1) is 0 Å². The summed E-state index contributed by atoms with van der Waals surface area (Å²) in [6, 6.07) is 22.8. The van der Waals surface area contributed by atoms with Gasteiger partial charge in [-0.25, -0.2) is 0 Å². The Morgan fingerprint density at radius 1 is 0.500 bits per heavy atom. The summed E-state index contributed by atoms with van der Waals surface area (Å²) in [5, 5.41) is 0.737. The van der Waals surface area contributed by atoms with Gasteiger partial charge in [0.15, 0.2) is 11.5 Å². The topological polar surface area (TPSA) is 38.7 Å². The van der Waals surface area contributed by atoms with E-state index in [-0.39, 0.29) is 21.7 Å². The van der Waals surface area contributed by atoms with Gasteiger partial charge in [-0.3, -0.25) is 9.05 Å². The highest BCUT2D eigenvalue weighted by Gasteiger charge is 2.51. The van der Waals surface area contributed by atoms with Crippen LogP contribution in [0.3, 0.4) is 0 Å². The van der Waals surface area contributed by atoms with E-state index in [4.69, 9.17) is 9.05 Å². The van der Waals surface area contributed by atoms with E-state index in [9.17, 15) is 4.89 Å². The monoisotopic (exact) mass is 591 g/mol. The van der Waals surface area contributed by atoms with Crippen molar-refractivity contribution in [2.24, 2.45) is 0 Å². The maximum atomic E-state index is 12.6. The zero-order valence-electron chi connectivity index (χ0n) is 28.4. The highest BCUT2D eigenvalue weighted by Crippen LogP contribution is 2.57. The Morgan fingerprint density at radius 2 is 0.833 bits per heavy atom. The van der Waals surface area contributed by atoms with Crippen LogP contribution < -0.4 is 14.4 Å². The third-order valence-corrected chi connectivity index (χ3v) is 12.0. The van der Waals surface area contributed by atoms with Crippen LogP contribution in [-0.2, 0) is 21.7 Å². The Balaban J connectivity index is 2.18. The minimum Gasteiger partial charge on any atom is -0.274 e. The average Bonchev–Trinajstić information content (AvgIpc) is 2.97. The van der Waals surface area contributed by atoms with Gasteiger partial charge >= 0.3 is 7.94 Å². The lowest BCUT2D eigenvalue weighted by molar-refractivity contribution is 0.360. The van der Waals surface area contributed by atoms with Crippen LogP contribution in [0.25, 0.3) is 0 Å². The van der Waals surface area contributed by atoms with Crippen molar-refractivity contribution in [2.75, 3.05) is 0 Å². The summed E-state index contributed by atoms with van der Waals surface area (Å²) in [5.41, 5.74) is 4.77. The van der Waals surface area contributed by atoms with Crippen LogP contribution in [0.2, 0.25) is 0 Å². The third-order valence-electron chi connectivity index (χ3n) is 10.1. The molecule has 0 aromatic heterocycles. The molecule has 3 rings (SSSR count). The fraction of sp³-hybridized carbons (Fsp3) is 0.526. The predicted octanol–water partition coefficient (Wildman–Crippen LogP) is 11.0. The van der Waals surface area contributed by atoms with Crippen LogP contribution in [-0.4, -0.2) is 4.89 Å². The molecule has 0 aliphatic rings. The summed E-state index contributed by atoms with van der Waals surface area (Å²) in [6.07, 6.45) is 4.01. The summed E-state index contributed by atoms with van der Waals surface area (Å²) in [4.78, 5) is 12.6. The number of hydrogen-bond acceptors (Lipinski definition) is 3. The number of benzene rings is 3. The molecule has 230 valence electrons. The van der Waals surface area contributed by atoms with Crippen molar-refractivity contribution >= 4 is 13.2 Å². The fourth-order valence-electron chi connectivity index (χ4n) is 4.89. The molecular formula is C38H56O3P+. The Hall–Kier alpha value is -2.35. The van der Waals surface area contributed by atoms with Crippen LogP contribution in [0.5, 0.6) is 11.5 Å². The molecule has 0 aliphatic heterocycles. The molecule has 42 heavy (non-hydrogen) atoms. The van der Waals surface area contributed by atoms with Gasteiger partial charge in [0.1, 0.15) is 0 Å². The van der Waals surface area contributed by atoms with Crippen molar-refractivity contribution in [2.45, 2.75) is 130 Å². The summed E-state index contributed by atoms with van der Waals surface area (Å²) < 4.78 is 13.2. The molecule has 1 N–H and O–H groups in total. The van der Waals surface area contributed by atoms with Gasteiger partial charge in [0.05, 0.1) is 0 Å². The van der Waals surface area contributed by atoms with Crippen molar-refractivity contribution in [3.05, 3.63) is 89.0 Å². The van der Waals surface area contributed by atoms with Gasteiger partial charge in [0.2, 0.25) is 5.30 Å². The lowest BCUT2D eigenvalue weighted by atomic mass is 9.76. The van der Waals surface area contributed by atoms with Gasteiger partial charge in [0, 0.05) is 5.56 Å². The van der Waals surface area contributed by atoms with Crippen LogP contribution >= 0.6 is 7.94 Å². The Morgan fingerprint density at radius 3 is 1.19 bits per heavy atom. The lowest BCUT2D eigenvalue weighted by Gasteiger charge is -2.31. The molecule has 0 atom stereocenters. The van der Waals surface area contributed by atoms with Gasteiger partial charge in [-0.2, -0.15) is 4.89 Å². The van der Waals surface area contributed by atoms with E-state index in [0.717, 1.165) is 36.6 Å². The van der Waals surface area contributed by atoms with E-state index in [1.54, 1.807) is 0 Å². The van der Waals surface area contributed by atoms with E-state index < -0.39 is 7.94 Å². The first kappa shape index (κ1) is 34.1. The zero-order valence-corrected chi connectivity index (χ0v) is 29.3. The van der Waals surface area contributed by atoms with E-state index in [1.807, 2.05) is 24.3 Å². The van der Waals surface area contributed by atoms with E-state index >= 15 is 0 Å². The first-order chi connectivity index (χ1) is 19.4. The molecule has 0 bridgehead atoms. The Kier molecular flexibility index (Phi) is 10.3. The summed E-state index contributed by atoms with van der Waals surface area (Å²) >= 11 is 0. The van der Waals surface area contributed by atoms with Crippen molar-refractivity contribution in [3.8, 4) is 11.5 Å². The molecule has 0 saturated carbocycles. The molecule has 0 saturated heterocycles. The summed E-state index contributed by atoms with van der Waals surface area (Å²) in [6.45, 7) is 26.8. The first-order valence-electron chi connectivity index (χ1n) is 15.8. The van der Waals surface area contributed by atoms with E-state index in [1.165, 1.54) is 16.7 Å². The zero-order chi connectivity index (χ0) is 31.6. The molecule has 3 aromatic rings. The highest BCUT2D eigenvalue weighted by atomic mass is 31.2. The van der Waals surface area contributed by atoms with Gasteiger partial charge in [-0.15, -0.1) is 0 Å². The smallest absolute Gasteiger partial charge is 0.274 e. The quantitative estimate of drug-likeness (QED) is 0.201. The molecule has 4 heteroatoms. The second-order valence-electron chi connectivity index (χ2n) is 14.4. The normalized spacial score (nSPS) is 13.3. The van der Waals surface area contributed by atoms with Crippen LogP contribution in [0.15, 0.2) is 66.7 Å². The summed E-state index contributed by atoms with van der Waals surface area (Å²) in [5.74, 6) is 1.20. The van der Waals surface area contributed by atoms with Gasteiger partial charge < -0.3 is 0 Å². The predicted molar refractivity (Wildman–Crippen MR) is 183 cm³/mol. The SMILES string of the molecule is CCC(C)(C)c1ccc(O[P+](O)(Oc2ccc(C(C)(C)CC)cc2)c2ccc(C(C)(C)CC)cc2C(C)(C)CC)cc1. The molecule has 0 heterocycles. The lowest BCUT2D eigenvalue weighted by Crippen LogP contribution is -2.32. The third kappa shape index (κ3) is 7.40. The minimum atomic E-state index is -3.62. The van der Waals surface area contributed by atoms with Crippen molar-refractivity contribution in [1.29, 1.82) is 0 Å². The van der Waals surface area contributed by atoms with Crippen molar-refractivity contribution in [3.63, 3.8) is 0 Å². The molecular weight excluding hydrogens is 535 g/mol. The second kappa shape index (κ2) is 12.7. The number of hydrogen-bond donors (Lipinski definition) is 1. The molecule has 0 radical (unpaired) electrons. The average molecular weight is 592 g/mol. The summed E-state index contributed by atoms with van der Waals surface area (Å²) in [7, 11) is -3.62. The van der Waals surface area contributed by atoms with Gasteiger partial charge in [-0.05, 0) is 94.4 Å². The van der Waals surface area contributed by atoms with Crippen LogP contribution in [0.4, 0.5) is 0 Å². The number of rotatable bonds is 13. The van der Waals surface area contributed by atoms with E-state index in [2.05, 4.69) is 126 Å². The fourth-order valence-corrected chi connectivity index (χ4v) is 6.87. The molecule has 0 fully saturated rings. The second-order valence-corrected chi connectivity index (χ2v) is 16.3. The largest absolute Gasteiger partial charge is 0.533 e. The molecule has 0 aliphatic carbocycles. The molecule has 3 nitrogen and oxygen atoms in total. The molecule has 0 spiro atoms. The van der Waals surface area contributed by atoms with Crippen molar-refractivity contribution < 1.29 is 13.9 Å². The first-order valence-corrected chi connectivity index (χ1v) is 17.4. The van der Waals surface area contributed by atoms with Gasteiger partial charge in [-0.1, -0.05) is 119 Å². The van der Waals surface area contributed by atoms with Gasteiger partial charge in [0.25, 0.3) is 0 Å². The maximum absolute atomic E-state index is 12.6. The molecule has 0 unspecified atom stereocenters. The molecule has 0 amide bonds.